The molecule has 0 aliphatic carbocycles. The number of rotatable bonds is 8. The van der Waals surface area contributed by atoms with Crippen molar-refractivity contribution >= 4 is 49.6 Å². The first-order valence-corrected chi connectivity index (χ1v) is 20.6. The van der Waals surface area contributed by atoms with Crippen LogP contribution in [0.15, 0.2) is 243 Å². The molecule has 0 fully saturated rings. The highest BCUT2D eigenvalue weighted by atomic mass is 15.1. The summed E-state index contributed by atoms with van der Waals surface area (Å²) in [6.07, 6.45) is 0. The molecule has 2 heteroatoms. The van der Waals surface area contributed by atoms with Gasteiger partial charge in [-0.2, -0.15) is 0 Å². The van der Waals surface area contributed by atoms with Crippen molar-refractivity contribution < 1.29 is 0 Å². The van der Waals surface area contributed by atoms with Crippen LogP contribution in [0.25, 0.3) is 82.8 Å². The Kier molecular flexibility index (Phi) is 8.87. The van der Waals surface area contributed by atoms with Gasteiger partial charge in [-0.1, -0.05) is 170 Å². The lowest BCUT2D eigenvalue weighted by Crippen LogP contribution is -2.10. The Morgan fingerprint density at radius 2 is 0.833 bits per heavy atom. The summed E-state index contributed by atoms with van der Waals surface area (Å²) in [4.78, 5) is 2.42. The molecule has 11 aromatic rings. The SMILES string of the molecule is c1ccc(-c2cc(-c3ccccc3)cc(N(c3ccc(-c4ccc5ccccc5c4)cc3)c3cccc(-c4cccc5c4c4ccccc4n5-c4ccccc4)c3)c2)cc1. The maximum absolute atomic E-state index is 2.42. The smallest absolute Gasteiger partial charge is 0.0547 e. The van der Waals surface area contributed by atoms with E-state index in [2.05, 4.69) is 252 Å². The van der Waals surface area contributed by atoms with Crippen LogP contribution in [-0.4, -0.2) is 4.57 Å². The summed E-state index contributed by atoms with van der Waals surface area (Å²) in [5.74, 6) is 0. The second-order valence-electron chi connectivity index (χ2n) is 15.4. The van der Waals surface area contributed by atoms with E-state index in [1.54, 1.807) is 0 Å². The second-order valence-corrected chi connectivity index (χ2v) is 15.4. The monoisotopic (exact) mass is 764 g/mol. The average Bonchev–Trinajstić information content (AvgIpc) is 3.67. The average molecular weight is 765 g/mol. The molecule has 0 bridgehead atoms. The Hall–Kier alpha value is -7.94. The van der Waals surface area contributed by atoms with Crippen molar-refractivity contribution in [3.63, 3.8) is 0 Å². The number of fused-ring (bicyclic) bond motifs is 4. The van der Waals surface area contributed by atoms with Gasteiger partial charge in [0.1, 0.15) is 0 Å². The van der Waals surface area contributed by atoms with Gasteiger partial charge in [-0.25, -0.2) is 0 Å². The minimum atomic E-state index is 1.08. The summed E-state index contributed by atoms with van der Waals surface area (Å²) in [6.45, 7) is 0. The molecule has 2 nitrogen and oxygen atoms in total. The van der Waals surface area contributed by atoms with Gasteiger partial charge in [0.2, 0.25) is 0 Å². The van der Waals surface area contributed by atoms with Crippen LogP contribution in [0.1, 0.15) is 0 Å². The van der Waals surface area contributed by atoms with Gasteiger partial charge in [0, 0.05) is 33.5 Å². The van der Waals surface area contributed by atoms with Crippen LogP contribution in [0.3, 0.4) is 0 Å². The third-order valence-corrected chi connectivity index (χ3v) is 11.7. The third-order valence-electron chi connectivity index (χ3n) is 11.7. The highest BCUT2D eigenvalue weighted by Crippen LogP contribution is 2.43. The molecule has 0 aliphatic heterocycles. The maximum atomic E-state index is 2.42. The Labute approximate surface area is 350 Å². The normalized spacial score (nSPS) is 11.3. The molecule has 0 amide bonds. The first-order valence-electron chi connectivity index (χ1n) is 20.6. The summed E-state index contributed by atoms with van der Waals surface area (Å²) in [6, 6.07) is 88.0. The zero-order chi connectivity index (χ0) is 39.8. The van der Waals surface area contributed by atoms with Gasteiger partial charge in [-0.15, -0.1) is 0 Å². The topological polar surface area (TPSA) is 8.17 Å². The van der Waals surface area contributed by atoms with E-state index >= 15 is 0 Å². The first-order chi connectivity index (χ1) is 29.7. The van der Waals surface area contributed by atoms with Gasteiger partial charge in [0.05, 0.1) is 11.0 Å². The molecule has 11 rings (SSSR count). The van der Waals surface area contributed by atoms with E-state index in [1.807, 2.05) is 0 Å². The maximum Gasteiger partial charge on any atom is 0.0547 e. The number of aromatic nitrogens is 1. The van der Waals surface area contributed by atoms with E-state index in [-0.39, 0.29) is 0 Å². The summed E-state index contributed by atoms with van der Waals surface area (Å²) in [7, 11) is 0. The summed E-state index contributed by atoms with van der Waals surface area (Å²) in [5, 5.41) is 4.97. The van der Waals surface area contributed by atoms with E-state index < -0.39 is 0 Å². The number of nitrogens with zero attached hydrogens (tertiary/aromatic N) is 2. The lowest BCUT2D eigenvalue weighted by Gasteiger charge is -2.27. The van der Waals surface area contributed by atoms with Crippen molar-refractivity contribution in [2.45, 2.75) is 0 Å². The highest BCUT2D eigenvalue weighted by molar-refractivity contribution is 6.16. The molecule has 0 saturated heterocycles. The first kappa shape index (κ1) is 35.2. The molecule has 0 N–H and O–H groups in total. The van der Waals surface area contributed by atoms with Gasteiger partial charge in [-0.3, -0.25) is 0 Å². The Balaban J connectivity index is 1.11. The molecule has 60 heavy (non-hydrogen) atoms. The quantitative estimate of drug-likeness (QED) is 0.150. The van der Waals surface area contributed by atoms with Crippen molar-refractivity contribution in [2.24, 2.45) is 0 Å². The van der Waals surface area contributed by atoms with Gasteiger partial charge in [0.15, 0.2) is 0 Å². The molecular weight excluding hydrogens is 725 g/mol. The number of hydrogen-bond donors (Lipinski definition) is 0. The van der Waals surface area contributed by atoms with E-state index in [0.717, 1.165) is 28.3 Å². The van der Waals surface area contributed by atoms with Crippen molar-refractivity contribution in [3.8, 4) is 50.2 Å². The zero-order valence-electron chi connectivity index (χ0n) is 33.0. The molecule has 1 heterocycles. The fourth-order valence-corrected chi connectivity index (χ4v) is 8.88. The lowest BCUT2D eigenvalue weighted by molar-refractivity contribution is 1.18. The largest absolute Gasteiger partial charge is 0.310 e. The predicted octanol–water partition coefficient (Wildman–Crippen LogP) is 16.1. The molecule has 0 saturated carbocycles. The van der Waals surface area contributed by atoms with Crippen LogP contribution >= 0.6 is 0 Å². The van der Waals surface area contributed by atoms with Gasteiger partial charge < -0.3 is 9.47 Å². The fourth-order valence-electron chi connectivity index (χ4n) is 8.88. The van der Waals surface area contributed by atoms with Crippen LogP contribution in [0.2, 0.25) is 0 Å². The highest BCUT2D eigenvalue weighted by Gasteiger charge is 2.20. The van der Waals surface area contributed by atoms with Crippen molar-refractivity contribution in [2.75, 3.05) is 4.90 Å². The minimum Gasteiger partial charge on any atom is -0.310 e. The third kappa shape index (κ3) is 6.41. The molecule has 282 valence electrons. The fraction of sp³-hybridized carbons (Fsp3) is 0. The summed E-state index contributed by atoms with van der Waals surface area (Å²) < 4.78 is 2.39. The minimum absolute atomic E-state index is 1.08. The van der Waals surface area contributed by atoms with Crippen LogP contribution in [0.4, 0.5) is 17.1 Å². The van der Waals surface area contributed by atoms with E-state index in [0.29, 0.717) is 0 Å². The molecule has 0 spiro atoms. The number of hydrogen-bond acceptors (Lipinski definition) is 1. The predicted molar refractivity (Wildman–Crippen MR) is 255 cm³/mol. The van der Waals surface area contributed by atoms with Gasteiger partial charge in [0.25, 0.3) is 0 Å². The van der Waals surface area contributed by atoms with E-state index in [4.69, 9.17) is 0 Å². The number of anilines is 3. The lowest BCUT2D eigenvalue weighted by atomic mass is 9.96. The van der Waals surface area contributed by atoms with Gasteiger partial charge in [-0.05, 0) is 128 Å². The zero-order valence-corrected chi connectivity index (χ0v) is 33.0. The van der Waals surface area contributed by atoms with E-state index in [1.165, 1.54) is 71.5 Å². The summed E-state index contributed by atoms with van der Waals surface area (Å²) in [5.41, 5.74) is 16.2. The molecule has 1 aromatic heterocycles. The molecular formula is C58H40N2. The number of benzene rings is 10. The molecule has 0 unspecified atom stereocenters. The van der Waals surface area contributed by atoms with Crippen LogP contribution < -0.4 is 4.90 Å². The van der Waals surface area contributed by atoms with Crippen molar-refractivity contribution in [1.82, 2.24) is 4.57 Å². The molecule has 0 atom stereocenters. The van der Waals surface area contributed by atoms with Crippen molar-refractivity contribution in [3.05, 3.63) is 243 Å². The molecule has 10 aromatic carbocycles. The standard InChI is InChI=1S/C58H40N2/c1-4-16-41(17-5-1)48-37-49(42-18-6-2-7-19-42)40-53(39-48)59(51-34-32-44(33-35-51)46-31-30-43-20-10-11-21-45(43)36-46)52-25-14-22-47(38-52)54-27-15-29-57-58(54)55-26-12-13-28-56(55)60(57)50-23-8-3-9-24-50/h1-40H. The van der Waals surface area contributed by atoms with Crippen LogP contribution in [0, 0.1) is 0 Å². The molecule has 0 radical (unpaired) electrons. The Bertz CT molecular complexity index is 3230. The second kappa shape index (κ2) is 15.1. The van der Waals surface area contributed by atoms with Crippen molar-refractivity contribution in [1.29, 1.82) is 0 Å². The van der Waals surface area contributed by atoms with Gasteiger partial charge >= 0.3 is 0 Å². The Morgan fingerprint density at radius 1 is 0.283 bits per heavy atom. The van der Waals surface area contributed by atoms with Crippen LogP contribution in [-0.2, 0) is 0 Å². The Morgan fingerprint density at radius 3 is 1.57 bits per heavy atom. The summed E-state index contributed by atoms with van der Waals surface area (Å²) >= 11 is 0. The van der Waals surface area contributed by atoms with Crippen LogP contribution in [0.5, 0.6) is 0 Å². The molecule has 0 aliphatic rings. The number of para-hydroxylation sites is 2. The van der Waals surface area contributed by atoms with E-state index in [9.17, 15) is 0 Å².